The van der Waals surface area contributed by atoms with Crippen LogP contribution in [0, 0.1) is 0 Å². The zero-order valence-electron chi connectivity index (χ0n) is 57.3. The molecule has 3 aliphatic heterocycles. The summed E-state index contributed by atoms with van der Waals surface area (Å²) in [4.78, 5) is 273. The number of rotatable bonds is 43. The maximum atomic E-state index is 14.4. The van der Waals surface area contributed by atoms with Crippen LogP contribution >= 0.6 is 50.5 Å². The van der Waals surface area contributed by atoms with Gasteiger partial charge in [-0.25, -0.2) is 9.78 Å². The van der Waals surface area contributed by atoms with E-state index in [0.29, 0.717) is 0 Å². The van der Waals surface area contributed by atoms with Gasteiger partial charge in [-0.15, -0.1) is 0 Å². The largest absolute Gasteiger partial charge is 0.481 e. The molecule has 0 spiro atoms. The number of carbonyl (C=O) groups is 20. The average Bonchev–Trinajstić information content (AvgIpc) is 1.68. The van der Waals surface area contributed by atoms with Gasteiger partial charge in [0.25, 0.3) is 0 Å². The minimum Gasteiger partial charge on any atom is -0.481 e. The smallest absolute Gasteiger partial charge is 0.327 e. The molecule has 1 aromatic heterocycles. The minimum absolute atomic E-state index is 0.0136. The quantitative estimate of drug-likeness (QED) is 0.0270. The number of nitrogens with one attached hydrogen (secondary N) is 12. The van der Waals surface area contributed by atoms with E-state index in [0.717, 1.165) is 14.7 Å². The first-order valence-electron chi connectivity index (χ1n) is 32.9. The summed E-state index contributed by atoms with van der Waals surface area (Å²) in [6.07, 6.45) is -2.09. The summed E-state index contributed by atoms with van der Waals surface area (Å²) < 4.78 is 0. The predicted molar refractivity (Wildman–Crippen MR) is 377 cm³/mol. The number of carbonyl (C=O) groups excluding carboxylic acids is 17. The molecule has 1 aromatic rings. The molecule has 592 valence electrons. The van der Waals surface area contributed by atoms with Gasteiger partial charge < -0.3 is 122 Å². The van der Waals surface area contributed by atoms with Crippen LogP contribution in [-0.2, 0) is 102 Å². The number of hydrogen-bond acceptors (Lipinski definition) is 27. The van der Waals surface area contributed by atoms with Crippen LogP contribution in [0.1, 0.15) is 83.2 Å². The third-order valence-corrected chi connectivity index (χ3v) is 18.2. The number of nitrogens with two attached hydrogens (primary N) is 4. The standard InChI is InChI=1S/C59H88N20O24S4/c1-24(45(88)67-27(11-25-17-64-23-65-25)47(90)68-28(13-40(61)81)48(91)70-30(14-41(62)82)56(99)77-8-2-5-37(77)54(97)69-29(16-44(86)87)49(92)76-36(22-107)59(102)103)66-51(94)33(19-104)75-55(98)38-6-3-9-78(38)58(101)39-7-4-10-79(39)57(100)31(15-42(63)83)71-50(93)32(18-80)72-52(95)35(21-106)74-53(96)34(20-105)73-46(89)26(60)12-43(84)85/h17,23-24,26-39,80,104-107H,2-16,18-22,60H2,1H3,(H2,61,81)(H2,62,82)(H2,63,83)(H,64,65)(H,66,94)(H,67,88)(H,68,90)(H,69,97)(H,70,91)(H,71,93)(H,72,95)(H,73,89)(H,74,96)(H,75,98)(H,76,92)(H,84,85)(H,86,87)(H,102,103)/t24-,26-,27-,28-,29-,30-,31-,32-,33-,34-,35-,36-,37-,38-,39-/m0/s1. The Kier molecular flexibility index (Phi) is 35.8. The Balaban J connectivity index is 1.44. The summed E-state index contributed by atoms with van der Waals surface area (Å²) in [5, 5.41) is 62.9. The molecule has 48 heteroatoms. The van der Waals surface area contributed by atoms with Crippen LogP contribution in [0.4, 0.5) is 0 Å². The van der Waals surface area contributed by atoms with Gasteiger partial charge in [-0.1, -0.05) is 0 Å². The molecule has 0 unspecified atom stereocenters. The molecule has 24 N–H and O–H groups in total. The van der Waals surface area contributed by atoms with Gasteiger partial charge in [-0.05, 0) is 45.4 Å². The summed E-state index contributed by atoms with van der Waals surface area (Å²) in [5.74, 6) is -24.8. The second-order valence-corrected chi connectivity index (χ2v) is 26.2. The van der Waals surface area contributed by atoms with Gasteiger partial charge in [0.2, 0.25) is 100 Å². The van der Waals surface area contributed by atoms with E-state index in [1.54, 1.807) is 0 Å². The highest BCUT2D eigenvalue weighted by Crippen LogP contribution is 2.27. The molecule has 15 atom stereocenters. The van der Waals surface area contributed by atoms with Crippen molar-refractivity contribution in [3.63, 3.8) is 0 Å². The molecule has 0 bridgehead atoms. The van der Waals surface area contributed by atoms with E-state index < -0.39 is 271 Å². The second-order valence-electron chi connectivity index (χ2n) is 24.8. The lowest BCUT2D eigenvalue weighted by Crippen LogP contribution is -2.61. The Morgan fingerprint density at radius 2 is 0.804 bits per heavy atom. The fraction of sp³-hybridized carbons (Fsp3) is 0.610. The van der Waals surface area contributed by atoms with E-state index in [2.05, 4.69) is 114 Å². The molecule has 0 saturated carbocycles. The van der Waals surface area contributed by atoms with Crippen LogP contribution in [-0.4, -0.2) is 303 Å². The number of nitrogens with zero attached hydrogens (tertiary/aromatic N) is 4. The molecular formula is C59H88N20O24S4. The van der Waals surface area contributed by atoms with E-state index >= 15 is 0 Å². The fourth-order valence-electron chi connectivity index (χ4n) is 11.3. The van der Waals surface area contributed by atoms with Crippen LogP contribution in [0.3, 0.4) is 0 Å². The Labute approximate surface area is 630 Å². The van der Waals surface area contributed by atoms with Crippen molar-refractivity contribution in [1.82, 2.24) is 83.2 Å². The number of aliphatic hydroxyl groups excluding tert-OH is 1. The van der Waals surface area contributed by atoms with E-state index in [1.165, 1.54) is 19.4 Å². The van der Waals surface area contributed by atoms with Gasteiger partial charge in [-0.3, -0.25) is 91.1 Å². The van der Waals surface area contributed by atoms with Crippen molar-refractivity contribution in [2.24, 2.45) is 22.9 Å². The van der Waals surface area contributed by atoms with Gasteiger partial charge >= 0.3 is 17.9 Å². The van der Waals surface area contributed by atoms with Crippen LogP contribution < -0.4 is 81.4 Å². The lowest BCUT2D eigenvalue weighted by molar-refractivity contribution is -0.148. The van der Waals surface area contributed by atoms with Gasteiger partial charge in [0, 0.05) is 61.0 Å². The van der Waals surface area contributed by atoms with Crippen molar-refractivity contribution in [2.75, 3.05) is 49.3 Å². The molecule has 107 heavy (non-hydrogen) atoms. The number of amides is 17. The van der Waals surface area contributed by atoms with Crippen LogP contribution in [0.15, 0.2) is 12.5 Å². The predicted octanol–water partition coefficient (Wildman–Crippen LogP) is -12.0. The van der Waals surface area contributed by atoms with E-state index in [4.69, 9.17) is 28.0 Å². The maximum absolute atomic E-state index is 14.4. The number of likely N-dealkylation sites (tertiary alicyclic amines) is 3. The van der Waals surface area contributed by atoms with Gasteiger partial charge in [0.1, 0.15) is 84.6 Å². The van der Waals surface area contributed by atoms with Crippen molar-refractivity contribution in [3.05, 3.63) is 18.2 Å². The molecular weight excluding hydrogens is 1500 g/mol. The minimum atomic E-state index is -1.99. The van der Waals surface area contributed by atoms with E-state index in [9.17, 15) is 111 Å². The van der Waals surface area contributed by atoms with Crippen molar-refractivity contribution in [1.29, 1.82) is 0 Å². The van der Waals surface area contributed by atoms with E-state index in [-0.39, 0.29) is 69.6 Å². The summed E-state index contributed by atoms with van der Waals surface area (Å²) in [6.45, 7) is -0.321. The number of aromatic nitrogens is 2. The molecule has 0 aliphatic carbocycles. The number of aliphatic hydroxyl groups is 1. The molecule has 17 amide bonds. The highest BCUT2D eigenvalue weighted by atomic mass is 32.1. The summed E-state index contributed by atoms with van der Waals surface area (Å²) in [6, 6.07) is -24.5. The number of hydrogen-bond donors (Lipinski definition) is 24. The lowest BCUT2D eigenvalue weighted by atomic mass is 10.1. The molecule has 44 nitrogen and oxygen atoms in total. The number of imidazole rings is 1. The highest BCUT2D eigenvalue weighted by Gasteiger charge is 2.46. The number of carboxylic acid groups (broad SMARTS) is 3. The molecule has 4 heterocycles. The Bertz CT molecular complexity index is 3510. The summed E-state index contributed by atoms with van der Waals surface area (Å²) in [7, 11) is 0. The Morgan fingerprint density at radius 3 is 1.26 bits per heavy atom. The van der Waals surface area contributed by atoms with Crippen molar-refractivity contribution < 1.29 is 116 Å². The molecule has 3 saturated heterocycles. The normalized spacial score (nSPS) is 18.7. The van der Waals surface area contributed by atoms with Gasteiger partial charge in [0.15, 0.2) is 0 Å². The number of primary amides is 3. The number of aliphatic carboxylic acids is 3. The summed E-state index contributed by atoms with van der Waals surface area (Å²) in [5.41, 5.74) is 22.2. The first-order chi connectivity index (χ1) is 50.4. The third kappa shape index (κ3) is 27.0. The zero-order chi connectivity index (χ0) is 80.3. The molecule has 3 fully saturated rings. The van der Waals surface area contributed by atoms with E-state index in [1.807, 2.05) is 5.32 Å². The molecule has 0 aromatic carbocycles. The van der Waals surface area contributed by atoms with Gasteiger partial charge in [0.05, 0.1) is 51.1 Å². The van der Waals surface area contributed by atoms with Crippen LogP contribution in [0.2, 0.25) is 0 Å². The summed E-state index contributed by atoms with van der Waals surface area (Å²) >= 11 is 16.1. The molecule has 3 aliphatic rings. The number of thiol groups is 4. The fourth-order valence-corrected chi connectivity index (χ4v) is 12.3. The lowest BCUT2D eigenvalue weighted by Gasteiger charge is -2.33. The number of aromatic amines is 1. The Hall–Kier alpha value is -10.1. The van der Waals surface area contributed by atoms with Crippen molar-refractivity contribution in [2.45, 2.75) is 175 Å². The first kappa shape index (κ1) is 89.3. The first-order valence-corrected chi connectivity index (χ1v) is 35.5. The SMILES string of the molecule is C[C@H](NC(=O)[C@H](CS)NC(=O)[C@@H]1CCCN1C(=O)[C@@H]1CCCN1C(=O)[C@H](CC(N)=O)NC(=O)[C@H](CO)NC(=O)[C@H](CS)NC(=O)[C@H](CS)NC(=O)[C@@H](N)CC(=O)O)C(=O)N[C@@H](Cc1cnc[nH]1)C(=O)N[C@@H](CC(N)=O)C(=O)N[C@@H](CC(N)=O)C(=O)N1CCC[C@H]1C(=O)N[C@@H](CC(=O)O)C(=O)N[C@@H](CS)C(=O)O. The highest BCUT2D eigenvalue weighted by molar-refractivity contribution is 7.80. The van der Waals surface area contributed by atoms with Crippen LogP contribution in [0.25, 0.3) is 0 Å². The maximum Gasteiger partial charge on any atom is 0.327 e. The topological polar surface area (TPSA) is 697 Å². The second kappa shape index (κ2) is 42.9. The van der Waals surface area contributed by atoms with Crippen LogP contribution in [0.5, 0.6) is 0 Å². The zero-order valence-corrected chi connectivity index (χ0v) is 60.9. The Morgan fingerprint density at radius 1 is 0.449 bits per heavy atom. The average molecular weight is 1590 g/mol. The van der Waals surface area contributed by atoms with Gasteiger partial charge in [-0.2, -0.15) is 50.5 Å². The van der Waals surface area contributed by atoms with Crippen molar-refractivity contribution >= 4 is 169 Å². The monoisotopic (exact) mass is 1590 g/mol. The number of H-pyrrole nitrogens is 1. The molecule has 0 radical (unpaired) electrons. The number of carboxylic acids is 3. The van der Waals surface area contributed by atoms with Crippen molar-refractivity contribution in [3.8, 4) is 0 Å². The third-order valence-electron chi connectivity index (χ3n) is 16.7. The molecule has 4 rings (SSSR count).